The van der Waals surface area contributed by atoms with Crippen LogP contribution in [0.2, 0.25) is 0 Å². The quantitative estimate of drug-likeness (QED) is 0.335. The Bertz CT molecular complexity index is 351. The van der Waals surface area contributed by atoms with Crippen molar-refractivity contribution in [1.82, 2.24) is 0 Å². The maximum atomic E-state index is 12.1. The summed E-state index contributed by atoms with van der Waals surface area (Å²) in [5, 5.41) is 11.3. The Morgan fingerprint density at radius 2 is 1.72 bits per heavy atom. The molecule has 0 amide bonds. The summed E-state index contributed by atoms with van der Waals surface area (Å²) >= 11 is 0. The van der Waals surface area contributed by atoms with E-state index in [9.17, 15) is 19.7 Å². The Balaban J connectivity index is 2.97. The number of hydrogen-bond donors (Lipinski definition) is 0. The van der Waals surface area contributed by atoms with E-state index >= 15 is 0 Å². The highest BCUT2D eigenvalue weighted by molar-refractivity contribution is 5.89. The van der Waals surface area contributed by atoms with Crippen molar-refractivity contribution in [2.45, 2.75) is 56.9 Å². The van der Waals surface area contributed by atoms with Crippen molar-refractivity contribution in [3.63, 3.8) is 0 Å². The summed E-state index contributed by atoms with van der Waals surface area (Å²) in [7, 11) is 0. The second-order valence-corrected chi connectivity index (χ2v) is 4.72. The fraction of sp³-hybridized carbons (Fsp3) is 0.692. The number of ketones is 1. The number of nitro groups is 1. The van der Waals surface area contributed by atoms with Crippen molar-refractivity contribution in [1.29, 1.82) is 0 Å². The first-order valence-electron chi connectivity index (χ1n) is 6.44. The summed E-state index contributed by atoms with van der Waals surface area (Å²) < 4.78 is 0. The molecule has 0 heterocycles. The maximum absolute atomic E-state index is 12.1. The molecule has 0 radical (unpaired) electrons. The van der Waals surface area contributed by atoms with Crippen molar-refractivity contribution in [2.75, 3.05) is 0 Å². The van der Waals surface area contributed by atoms with E-state index in [0.717, 1.165) is 31.8 Å². The van der Waals surface area contributed by atoms with E-state index in [2.05, 4.69) is 0 Å². The standard InChI is InChI=1S/C13H19NO4/c15-11-7-10-13(14(17)18)9-6-4-2-1-3-5-8-12(13)16/h7,10-11H,1-6,8-9H2/b10-7+. The lowest BCUT2D eigenvalue weighted by Crippen LogP contribution is -2.44. The van der Waals surface area contributed by atoms with Crippen LogP contribution in [0.3, 0.4) is 0 Å². The topological polar surface area (TPSA) is 77.3 Å². The summed E-state index contributed by atoms with van der Waals surface area (Å²) in [5.41, 5.74) is -1.68. The highest BCUT2D eigenvalue weighted by atomic mass is 16.6. The lowest BCUT2D eigenvalue weighted by Gasteiger charge is -2.21. The van der Waals surface area contributed by atoms with Crippen molar-refractivity contribution in [2.24, 2.45) is 0 Å². The molecule has 1 fully saturated rings. The molecule has 100 valence electrons. The maximum Gasteiger partial charge on any atom is 0.297 e. The summed E-state index contributed by atoms with van der Waals surface area (Å²) in [6.45, 7) is 0. The van der Waals surface area contributed by atoms with E-state index in [1.54, 1.807) is 0 Å². The van der Waals surface area contributed by atoms with Crippen LogP contribution in [0.25, 0.3) is 0 Å². The predicted molar refractivity (Wildman–Crippen MR) is 66.9 cm³/mol. The molecule has 0 aliphatic heterocycles. The highest BCUT2D eigenvalue weighted by Crippen LogP contribution is 2.26. The van der Waals surface area contributed by atoms with Crippen LogP contribution in [0.4, 0.5) is 0 Å². The van der Waals surface area contributed by atoms with Crippen molar-refractivity contribution < 1.29 is 14.5 Å². The van der Waals surface area contributed by atoms with Gasteiger partial charge >= 0.3 is 0 Å². The van der Waals surface area contributed by atoms with E-state index < -0.39 is 10.5 Å². The largest absolute Gasteiger partial charge is 0.299 e. The molecule has 1 rings (SSSR count). The predicted octanol–water partition coefficient (Wildman–Crippen LogP) is 2.46. The summed E-state index contributed by atoms with van der Waals surface area (Å²) in [6, 6.07) is 0. The molecule has 5 heteroatoms. The molecular formula is C13H19NO4. The lowest BCUT2D eigenvalue weighted by molar-refractivity contribution is -0.539. The molecule has 18 heavy (non-hydrogen) atoms. The first kappa shape index (κ1) is 14.5. The fourth-order valence-corrected chi connectivity index (χ4v) is 2.37. The molecule has 0 spiro atoms. The average Bonchev–Trinajstić information content (AvgIpc) is 2.35. The van der Waals surface area contributed by atoms with Crippen LogP contribution in [0, 0.1) is 10.1 Å². The van der Waals surface area contributed by atoms with Gasteiger partial charge in [0.1, 0.15) is 6.29 Å². The molecule has 0 aromatic heterocycles. The molecule has 1 atom stereocenters. The van der Waals surface area contributed by atoms with Crippen LogP contribution in [-0.4, -0.2) is 22.5 Å². The second-order valence-electron chi connectivity index (χ2n) is 4.72. The molecule has 5 nitrogen and oxygen atoms in total. The number of rotatable bonds is 3. The lowest BCUT2D eigenvalue weighted by atomic mass is 9.84. The van der Waals surface area contributed by atoms with Gasteiger partial charge in [-0.3, -0.25) is 19.7 Å². The smallest absolute Gasteiger partial charge is 0.297 e. The molecule has 0 aromatic carbocycles. The number of aldehydes is 1. The van der Waals surface area contributed by atoms with Crippen molar-refractivity contribution in [3.05, 3.63) is 22.3 Å². The zero-order chi connectivity index (χ0) is 13.4. The number of allylic oxidation sites excluding steroid dienone is 1. The Kier molecular flexibility index (Phi) is 5.68. The molecule has 0 saturated heterocycles. The van der Waals surface area contributed by atoms with Gasteiger partial charge in [-0.05, 0) is 18.9 Å². The minimum Gasteiger partial charge on any atom is -0.299 e. The highest BCUT2D eigenvalue weighted by Gasteiger charge is 2.46. The molecule has 0 aromatic rings. The van der Waals surface area contributed by atoms with Crippen LogP contribution in [-0.2, 0) is 9.59 Å². The summed E-state index contributed by atoms with van der Waals surface area (Å²) in [6.07, 6.45) is 8.48. The van der Waals surface area contributed by atoms with E-state index in [-0.39, 0.29) is 18.6 Å². The van der Waals surface area contributed by atoms with E-state index in [0.29, 0.717) is 19.1 Å². The van der Waals surface area contributed by atoms with Crippen LogP contribution in [0.5, 0.6) is 0 Å². The van der Waals surface area contributed by atoms with Gasteiger partial charge in [-0.1, -0.05) is 25.7 Å². The molecule has 1 unspecified atom stereocenters. The first-order valence-corrected chi connectivity index (χ1v) is 6.44. The summed E-state index contributed by atoms with van der Waals surface area (Å²) in [4.78, 5) is 33.2. The minimum absolute atomic E-state index is 0.198. The van der Waals surface area contributed by atoms with E-state index in [4.69, 9.17) is 0 Å². The third-order valence-corrected chi connectivity index (χ3v) is 3.47. The number of carbonyl (C=O) groups is 2. The van der Waals surface area contributed by atoms with Gasteiger partial charge in [0.2, 0.25) is 5.78 Å². The van der Waals surface area contributed by atoms with E-state index in [1.165, 1.54) is 6.08 Å². The Morgan fingerprint density at radius 3 is 2.33 bits per heavy atom. The van der Waals surface area contributed by atoms with Gasteiger partial charge in [-0.25, -0.2) is 0 Å². The molecular weight excluding hydrogens is 234 g/mol. The number of nitrogens with zero attached hydrogens (tertiary/aromatic N) is 1. The first-order chi connectivity index (χ1) is 8.63. The Labute approximate surface area is 106 Å². The Morgan fingerprint density at radius 1 is 1.11 bits per heavy atom. The minimum atomic E-state index is -1.68. The molecule has 1 saturated carbocycles. The van der Waals surface area contributed by atoms with Gasteiger partial charge in [-0.15, -0.1) is 0 Å². The van der Waals surface area contributed by atoms with E-state index in [1.807, 2.05) is 0 Å². The Hall–Kier alpha value is -1.52. The number of Topliss-reactive ketones (excluding diaryl/α,β-unsaturated/α-hetero) is 1. The zero-order valence-corrected chi connectivity index (χ0v) is 10.5. The van der Waals surface area contributed by atoms with Gasteiger partial charge in [0.25, 0.3) is 5.54 Å². The molecule has 0 N–H and O–H groups in total. The second kappa shape index (κ2) is 7.03. The van der Waals surface area contributed by atoms with Gasteiger partial charge in [0, 0.05) is 23.8 Å². The molecule has 0 bridgehead atoms. The van der Waals surface area contributed by atoms with Gasteiger partial charge in [-0.2, -0.15) is 0 Å². The third kappa shape index (κ3) is 3.48. The number of hydrogen-bond acceptors (Lipinski definition) is 4. The SMILES string of the molecule is O=C/C=C/C1([N+](=O)[O-])CCCCCCCCC1=O. The monoisotopic (exact) mass is 253 g/mol. The molecule has 1 aliphatic rings. The number of carbonyl (C=O) groups excluding carboxylic acids is 2. The fourth-order valence-electron chi connectivity index (χ4n) is 2.37. The van der Waals surface area contributed by atoms with Crippen LogP contribution in [0.1, 0.15) is 51.4 Å². The molecule has 1 aliphatic carbocycles. The summed E-state index contributed by atoms with van der Waals surface area (Å²) in [5.74, 6) is -0.368. The van der Waals surface area contributed by atoms with Gasteiger partial charge < -0.3 is 0 Å². The average molecular weight is 253 g/mol. The van der Waals surface area contributed by atoms with Crippen molar-refractivity contribution in [3.8, 4) is 0 Å². The van der Waals surface area contributed by atoms with Gasteiger partial charge in [0.15, 0.2) is 0 Å². The third-order valence-electron chi connectivity index (χ3n) is 3.47. The van der Waals surface area contributed by atoms with Crippen LogP contribution >= 0.6 is 0 Å². The van der Waals surface area contributed by atoms with Crippen LogP contribution < -0.4 is 0 Å². The zero-order valence-electron chi connectivity index (χ0n) is 10.5. The van der Waals surface area contributed by atoms with Crippen LogP contribution in [0.15, 0.2) is 12.2 Å². The van der Waals surface area contributed by atoms with Gasteiger partial charge in [0.05, 0.1) is 0 Å². The van der Waals surface area contributed by atoms with Crippen molar-refractivity contribution >= 4 is 12.1 Å². The normalized spacial score (nSPS) is 27.0.